The Bertz CT molecular complexity index is 819. The van der Waals surface area contributed by atoms with E-state index in [0.717, 1.165) is 29.2 Å². The van der Waals surface area contributed by atoms with Gasteiger partial charge in [0.25, 0.3) is 5.91 Å². The van der Waals surface area contributed by atoms with Gasteiger partial charge in [0.1, 0.15) is 11.5 Å². The number of ether oxygens (including phenoxy) is 2. The lowest BCUT2D eigenvalue weighted by atomic mass is 10.1. The average molecular weight is 399 g/mol. The van der Waals surface area contributed by atoms with Crippen molar-refractivity contribution in [1.29, 1.82) is 0 Å². The molecule has 7 heteroatoms. The van der Waals surface area contributed by atoms with Crippen LogP contribution in [0.4, 0.5) is 0 Å². The maximum absolute atomic E-state index is 11.8. The van der Waals surface area contributed by atoms with Gasteiger partial charge in [0.2, 0.25) is 0 Å². The van der Waals surface area contributed by atoms with Gasteiger partial charge < -0.3 is 25.4 Å². The first-order valence-corrected chi connectivity index (χ1v) is 9.71. The standard InChI is InChI=1S/C22H30N4O3/c1-5-23-21(27)17-9-7-16(8-10-17)14-25-22(24-6-2)26-15-18-11-12-19(28-3)13-20(18)29-4/h7-13H,5-6,14-15H2,1-4H3,(H,23,27)(H2,24,25,26). The predicted octanol–water partition coefficient (Wildman–Crippen LogP) is 2.71. The maximum atomic E-state index is 11.8. The lowest BCUT2D eigenvalue weighted by Crippen LogP contribution is -2.36. The Balaban J connectivity index is 2.02. The third kappa shape index (κ3) is 6.71. The van der Waals surface area contributed by atoms with Crippen LogP contribution in [0.3, 0.4) is 0 Å². The minimum Gasteiger partial charge on any atom is -0.497 e. The fraction of sp³-hybridized carbons (Fsp3) is 0.364. The Morgan fingerprint density at radius 3 is 2.28 bits per heavy atom. The van der Waals surface area contributed by atoms with Crippen molar-refractivity contribution in [1.82, 2.24) is 16.0 Å². The second-order valence-electron chi connectivity index (χ2n) is 6.28. The van der Waals surface area contributed by atoms with Crippen molar-refractivity contribution in [2.75, 3.05) is 27.3 Å². The number of guanidine groups is 1. The summed E-state index contributed by atoms with van der Waals surface area (Å²) in [5, 5.41) is 9.35. The van der Waals surface area contributed by atoms with E-state index in [4.69, 9.17) is 9.47 Å². The molecule has 29 heavy (non-hydrogen) atoms. The number of nitrogens with one attached hydrogen (secondary N) is 3. The largest absolute Gasteiger partial charge is 0.497 e. The number of carbonyl (C=O) groups is 1. The van der Waals surface area contributed by atoms with E-state index in [1.54, 1.807) is 14.2 Å². The molecule has 3 N–H and O–H groups in total. The molecular formula is C22H30N4O3. The fourth-order valence-corrected chi connectivity index (χ4v) is 2.71. The van der Waals surface area contributed by atoms with Gasteiger partial charge in [0.05, 0.1) is 20.8 Å². The van der Waals surface area contributed by atoms with Gasteiger partial charge in [-0.15, -0.1) is 0 Å². The topological polar surface area (TPSA) is 84.0 Å². The van der Waals surface area contributed by atoms with Gasteiger partial charge in [-0.2, -0.15) is 0 Å². The van der Waals surface area contributed by atoms with E-state index >= 15 is 0 Å². The minimum absolute atomic E-state index is 0.0639. The summed E-state index contributed by atoms with van der Waals surface area (Å²) in [5.41, 5.74) is 2.68. The number of amides is 1. The lowest BCUT2D eigenvalue weighted by molar-refractivity contribution is 0.0956. The summed E-state index contributed by atoms with van der Waals surface area (Å²) in [5.74, 6) is 2.15. The Morgan fingerprint density at radius 2 is 1.66 bits per heavy atom. The van der Waals surface area contributed by atoms with Crippen molar-refractivity contribution >= 4 is 11.9 Å². The Morgan fingerprint density at radius 1 is 0.931 bits per heavy atom. The van der Waals surface area contributed by atoms with Gasteiger partial charge in [-0.25, -0.2) is 4.99 Å². The highest BCUT2D eigenvalue weighted by atomic mass is 16.5. The van der Waals surface area contributed by atoms with E-state index in [1.165, 1.54) is 0 Å². The fourth-order valence-electron chi connectivity index (χ4n) is 2.71. The van der Waals surface area contributed by atoms with Crippen molar-refractivity contribution < 1.29 is 14.3 Å². The number of benzene rings is 2. The van der Waals surface area contributed by atoms with Crippen LogP contribution in [0.25, 0.3) is 0 Å². The molecule has 0 atom stereocenters. The lowest BCUT2D eigenvalue weighted by Gasteiger charge is -2.14. The third-order valence-corrected chi connectivity index (χ3v) is 4.26. The van der Waals surface area contributed by atoms with E-state index in [9.17, 15) is 4.79 Å². The van der Waals surface area contributed by atoms with E-state index in [0.29, 0.717) is 31.2 Å². The molecule has 0 saturated heterocycles. The van der Waals surface area contributed by atoms with Gasteiger partial charge in [0.15, 0.2) is 5.96 Å². The Hall–Kier alpha value is -3.22. The second-order valence-corrected chi connectivity index (χ2v) is 6.28. The highest BCUT2D eigenvalue weighted by Crippen LogP contribution is 2.24. The summed E-state index contributed by atoms with van der Waals surface area (Å²) in [6.07, 6.45) is 0. The summed E-state index contributed by atoms with van der Waals surface area (Å²) in [6.45, 7) is 6.35. The van der Waals surface area contributed by atoms with Crippen LogP contribution in [0.5, 0.6) is 11.5 Å². The maximum Gasteiger partial charge on any atom is 0.251 e. The van der Waals surface area contributed by atoms with Crippen molar-refractivity contribution in [3.63, 3.8) is 0 Å². The SMILES string of the molecule is CCNC(=O)c1ccc(CN=C(NCC)NCc2ccc(OC)cc2OC)cc1. The Labute approximate surface area is 172 Å². The first-order chi connectivity index (χ1) is 14.1. The summed E-state index contributed by atoms with van der Waals surface area (Å²) >= 11 is 0. The number of carbonyl (C=O) groups excluding carboxylic acids is 1. The molecule has 0 aliphatic carbocycles. The molecule has 0 aliphatic rings. The van der Waals surface area contributed by atoms with Crippen molar-refractivity contribution in [3.8, 4) is 11.5 Å². The number of methoxy groups -OCH3 is 2. The molecule has 0 fully saturated rings. The molecule has 2 aromatic rings. The van der Waals surface area contributed by atoms with Crippen molar-refractivity contribution in [2.24, 2.45) is 4.99 Å². The van der Waals surface area contributed by atoms with Crippen LogP contribution in [0.1, 0.15) is 35.3 Å². The minimum atomic E-state index is -0.0639. The summed E-state index contributed by atoms with van der Waals surface area (Å²) in [7, 11) is 3.27. The predicted molar refractivity (Wildman–Crippen MR) is 116 cm³/mol. The van der Waals surface area contributed by atoms with E-state index in [1.807, 2.05) is 56.3 Å². The van der Waals surface area contributed by atoms with Crippen LogP contribution < -0.4 is 25.4 Å². The first-order valence-electron chi connectivity index (χ1n) is 9.71. The number of rotatable bonds is 9. The first kappa shape index (κ1) is 22.1. The molecule has 0 heterocycles. The molecule has 0 unspecified atom stereocenters. The quantitative estimate of drug-likeness (QED) is 0.447. The summed E-state index contributed by atoms with van der Waals surface area (Å²) in [4.78, 5) is 16.5. The highest BCUT2D eigenvalue weighted by molar-refractivity contribution is 5.94. The van der Waals surface area contributed by atoms with Crippen LogP contribution >= 0.6 is 0 Å². The molecule has 1 amide bonds. The molecule has 0 radical (unpaired) electrons. The zero-order valence-corrected chi connectivity index (χ0v) is 17.5. The van der Waals surface area contributed by atoms with E-state index in [-0.39, 0.29) is 5.91 Å². The van der Waals surface area contributed by atoms with Gasteiger partial charge in [-0.05, 0) is 43.7 Å². The Kier molecular flexibility index (Phi) is 8.82. The summed E-state index contributed by atoms with van der Waals surface area (Å²) in [6, 6.07) is 13.2. The van der Waals surface area contributed by atoms with Crippen molar-refractivity contribution in [2.45, 2.75) is 26.9 Å². The van der Waals surface area contributed by atoms with Gasteiger partial charge in [0, 0.05) is 36.8 Å². The molecule has 0 aliphatic heterocycles. The molecule has 0 aromatic heterocycles. The number of aliphatic imine (C=N–C) groups is 1. The smallest absolute Gasteiger partial charge is 0.251 e. The molecule has 2 aromatic carbocycles. The van der Waals surface area contributed by atoms with Crippen LogP contribution in [0.15, 0.2) is 47.5 Å². The zero-order chi connectivity index (χ0) is 21.1. The van der Waals surface area contributed by atoms with Crippen LogP contribution in [0, 0.1) is 0 Å². The zero-order valence-electron chi connectivity index (χ0n) is 17.5. The normalized spacial score (nSPS) is 11.0. The molecule has 156 valence electrons. The average Bonchev–Trinajstić information content (AvgIpc) is 2.76. The monoisotopic (exact) mass is 398 g/mol. The second kappa shape index (κ2) is 11.6. The number of hydrogen-bond acceptors (Lipinski definition) is 4. The molecule has 0 saturated carbocycles. The molecule has 7 nitrogen and oxygen atoms in total. The molecule has 0 bridgehead atoms. The van der Waals surface area contributed by atoms with Crippen molar-refractivity contribution in [3.05, 3.63) is 59.2 Å². The van der Waals surface area contributed by atoms with E-state index in [2.05, 4.69) is 20.9 Å². The van der Waals surface area contributed by atoms with Crippen LogP contribution in [-0.4, -0.2) is 39.2 Å². The molecule has 2 rings (SSSR count). The van der Waals surface area contributed by atoms with Gasteiger partial charge >= 0.3 is 0 Å². The number of nitrogens with zero attached hydrogens (tertiary/aromatic N) is 1. The molecular weight excluding hydrogens is 368 g/mol. The van der Waals surface area contributed by atoms with Gasteiger partial charge in [-0.1, -0.05) is 12.1 Å². The molecule has 0 spiro atoms. The van der Waals surface area contributed by atoms with E-state index < -0.39 is 0 Å². The van der Waals surface area contributed by atoms with Gasteiger partial charge in [-0.3, -0.25) is 4.79 Å². The highest BCUT2D eigenvalue weighted by Gasteiger charge is 2.07. The van der Waals surface area contributed by atoms with Crippen LogP contribution in [0.2, 0.25) is 0 Å². The van der Waals surface area contributed by atoms with Crippen LogP contribution in [-0.2, 0) is 13.1 Å². The number of hydrogen-bond donors (Lipinski definition) is 3. The summed E-state index contributed by atoms with van der Waals surface area (Å²) < 4.78 is 10.7. The third-order valence-electron chi connectivity index (χ3n) is 4.26.